The van der Waals surface area contributed by atoms with Crippen molar-refractivity contribution in [2.24, 2.45) is 0 Å². The first-order chi connectivity index (χ1) is 10.2. The second-order valence-electron chi connectivity index (χ2n) is 4.92. The highest BCUT2D eigenvalue weighted by Crippen LogP contribution is 2.25. The van der Waals surface area contributed by atoms with Gasteiger partial charge in [-0.25, -0.2) is 9.37 Å². The van der Waals surface area contributed by atoms with E-state index in [1.165, 1.54) is 17.7 Å². The molecule has 0 amide bonds. The van der Waals surface area contributed by atoms with Crippen LogP contribution in [0.5, 0.6) is 0 Å². The second kappa shape index (κ2) is 5.86. The van der Waals surface area contributed by atoms with Gasteiger partial charge in [0.05, 0.1) is 16.7 Å². The van der Waals surface area contributed by atoms with Crippen molar-refractivity contribution < 1.29 is 4.39 Å². The van der Waals surface area contributed by atoms with Crippen molar-refractivity contribution in [2.45, 2.75) is 19.8 Å². The Bertz CT molecular complexity index is 780. The van der Waals surface area contributed by atoms with Gasteiger partial charge in [0.1, 0.15) is 11.6 Å². The van der Waals surface area contributed by atoms with Gasteiger partial charge in [-0.05, 0) is 30.2 Å². The van der Waals surface area contributed by atoms with Crippen LogP contribution in [0.15, 0.2) is 42.5 Å². The minimum Gasteiger partial charge on any atom is -0.296 e. The van der Waals surface area contributed by atoms with E-state index in [4.69, 9.17) is 11.6 Å². The van der Waals surface area contributed by atoms with Crippen LogP contribution in [0, 0.1) is 5.82 Å². The zero-order valence-electron chi connectivity index (χ0n) is 11.8. The van der Waals surface area contributed by atoms with Crippen molar-refractivity contribution >= 4 is 22.6 Å². The molecule has 0 radical (unpaired) electrons. The molecule has 1 heterocycles. The minimum absolute atomic E-state index is 0.270. The molecule has 2 aromatic carbocycles. The van der Waals surface area contributed by atoms with E-state index >= 15 is 0 Å². The Morgan fingerprint density at radius 1 is 1.19 bits per heavy atom. The van der Waals surface area contributed by atoms with E-state index < -0.39 is 0 Å². The average molecular weight is 303 g/mol. The number of alkyl halides is 1. The number of hydrogen-bond donors (Lipinski definition) is 0. The maximum absolute atomic E-state index is 13.4. The van der Waals surface area contributed by atoms with Crippen LogP contribution in [0.2, 0.25) is 0 Å². The standard InChI is InChI=1S/C17H16ClFN2/c1-2-12-5-3-4-6-15(12)21-16-8-7-13(19)11-14(16)20-17(21)9-10-18/h3-8,11H,2,9-10H2,1H3. The molecule has 1 aromatic heterocycles. The van der Waals surface area contributed by atoms with E-state index in [2.05, 4.69) is 28.6 Å². The summed E-state index contributed by atoms with van der Waals surface area (Å²) in [6, 6.07) is 12.9. The second-order valence-corrected chi connectivity index (χ2v) is 5.30. The lowest BCUT2D eigenvalue weighted by Crippen LogP contribution is -2.05. The molecule has 4 heteroatoms. The number of hydrogen-bond acceptors (Lipinski definition) is 1. The van der Waals surface area contributed by atoms with Crippen molar-refractivity contribution in [3.63, 3.8) is 0 Å². The lowest BCUT2D eigenvalue weighted by Gasteiger charge is -2.13. The SMILES string of the molecule is CCc1ccccc1-n1c(CCCl)nc2cc(F)ccc21. The molecule has 0 fully saturated rings. The molecular formula is C17H16ClFN2. The van der Waals surface area contributed by atoms with E-state index in [0.29, 0.717) is 17.8 Å². The van der Waals surface area contributed by atoms with Gasteiger partial charge in [-0.2, -0.15) is 0 Å². The summed E-state index contributed by atoms with van der Waals surface area (Å²) in [5.41, 5.74) is 3.91. The molecule has 0 spiro atoms. The number of fused-ring (bicyclic) bond motifs is 1. The van der Waals surface area contributed by atoms with Crippen molar-refractivity contribution in [1.82, 2.24) is 9.55 Å². The van der Waals surface area contributed by atoms with Gasteiger partial charge in [0, 0.05) is 18.4 Å². The van der Waals surface area contributed by atoms with E-state index in [1.807, 2.05) is 12.1 Å². The number of aromatic nitrogens is 2. The van der Waals surface area contributed by atoms with Crippen molar-refractivity contribution in [3.8, 4) is 5.69 Å². The lowest BCUT2D eigenvalue weighted by atomic mass is 10.1. The summed E-state index contributed by atoms with van der Waals surface area (Å²) in [6.07, 6.45) is 1.58. The molecule has 2 nitrogen and oxygen atoms in total. The fraction of sp³-hybridized carbons (Fsp3) is 0.235. The highest BCUT2D eigenvalue weighted by atomic mass is 35.5. The van der Waals surface area contributed by atoms with Crippen LogP contribution < -0.4 is 0 Å². The van der Waals surface area contributed by atoms with Gasteiger partial charge in [0.25, 0.3) is 0 Å². The molecule has 21 heavy (non-hydrogen) atoms. The van der Waals surface area contributed by atoms with Crippen molar-refractivity contribution in [3.05, 3.63) is 59.7 Å². The molecule has 3 aromatic rings. The van der Waals surface area contributed by atoms with E-state index in [0.717, 1.165) is 23.4 Å². The molecule has 0 atom stereocenters. The first-order valence-electron chi connectivity index (χ1n) is 7.05. The van der Waals surface area contributed by atoms with Crippen LogP contribution in [-0.2, 0) is 12.8 Å². The lowest BCUT2D eigenvalue weighted by molar-refractivity contribution is 0.629. The number of nitrogens with zero attached hydrogens (tertiary/aromatic N) is 2. The third-order valence-corrected chi connectivity index (χ3v) is 3.81. The highest BCUT2D eigenvalue weighted by Gasteiger charge is 2.14. The van der Waals surface area contributed by atoms with E-state index in [9.17, 15) is 4.39 Å². The van der Waals surface area contributed by atoms with Crippen molar-refractivity contribution in [1.29, 1.82) is 0 Å². The van der Waals surface area contributed by atoms with E-state index in [1.54, 1.807) is 6.07 Å². The molecule has 108 valence electrons. The molecule has 3 rings (SSSR count). The van der Waals surface area contributed by atoms with Crippen LogP contribution in [-0.4, -0.2) is 15.4 Å². The predicted molar refractivity (Wildman–Crippen MR) is 84.8 cm³/mol. The predicted octanol–water partition coefficient (Wildman–Crippen LogP) is 4.51. The van der Waals surface area contributed by atoms with Crippen LogP contribution in [0.1, 0.15) is 18.3 Å². The van der Waals surface area contributed by atoms with Gasteiger partial charge in [0.15, 0.2) is 0 Å². The van der Waals surface area contributed by atoms with Crippen LogP contribution in [0.25, 0.3) is 16.7 Å². The minimum atomic E-state index is -0.270. The normalized spacial score (nSPS) is 11.2. The van der Waals surface area contributed by atoms with Crippen LogP contribution >= 0.6 is 11.6 Å². The maximum atomic E-state index is 13.4. The van der Waals surface area contributed by atoms with Gasteiger partial charge >= 0.3 is 0 Å². The maximum Gasteiger partial charge on any atom is 0.125 e. The Balaban J connectivity index is 2.31. The summed E-state index contributed by atoms with van der Waals surface area (Å²) in [5.74, 6) is 1.08. The molecule has 0 saturated carbocycles. The van der Waals surface area contributed by atoms with Gasteiger partial charge in [-0.1, -0.05) is 25.1 Å². The summed E-state index contributed by atoms with van der Waals surface area (Å²) in [6.45, 7) is 2.12. The third kappa shape index (κ3) is 2.54. The smallest absolute Gasteiger partial charge is 0.125 e. The summed E-state index contributed by atoms with van der Waals surface area (Å²) in [7, 11) is 0. The number of rotatable bonds is 4. The van der Waals surface area contributed by atoms with Crippen LogP contribution in [0.3, 0.4) is 0 Å². The zero-order valence-corrected chi connectivity index (χ0v) is 12.6. The molecular weight excluding hydrogens is 287 g/mol. The molecule has 0 aliphatic rings. The number of imidazole rings is 1. The number of benzene rings is 2. The molecule has 0 bridgehead atoms. The fourth-order valence-electron chi connectivity index (χ4n) is 2.65. The molecule has 0 unspecified atom stereocenters. The Hall–Kier alpha value is -1.87. The molecule has 0 aliphatic carbocycles. The summed E-state index contributed by atoms with van der Waals surface area (Å²) in [4.78, 5) is 4.55. The average Bonchev–Trinajstić information content (AvgIpc) is 2.84. The number of aryl methyl sites for hydroxylation is 2. The first kappa shape index (κ1) is 14.1. The van der Waals surface area contributed by atoms with Crippen LogP contribution in [0.4, 0.5) is 4.39 Å². The largest absolute Gasteiger partial charge is 0.296 e. The summed E-state index contributed by atoms with van der Waals surface area (Å²) in [5, 5.41) is 0. The molecule has 0 aliphatic heterocycles. The van der Waals surface area contributed by atoms with E-state index in [-0.39, 0.29) is 5.82 Å². The Kier molecular flexibility index (Phi) is 3.93. The van der Waals surface area contributed by atoms with Gasteiger partial charge < -0.3 is 0 Å². The third-order valence-electron chi connectivity index (χ3n) is 3.62. The van der Waals surface area contributed by atoms with Gasteiger partial charge in [-0.3, -0.25) is 4.57 Å². The Morgan fingerprint density at radius 2 is 2.00 bits per heavy atom. The Labute approximate surface area is 128 Å². The zero-order chi connectivity index (χ0) is 14.8. The molecule has 0 N–H and O–H groups in total. The van der Waals surface area contributed by atoms with Gasteiger partial charge in [-0.15, -0.1) is 11.6 Å². The van der Waals surface area contributed by atoms with Crippen molar-refractivity contribution in [2.75, 3.05) is 5.88 Å². The fourth-order valence-corrected chi connectivity index (χ4v) is 2.82. The number of halogens is 2. The number of para-hydroxylation sites is 1. The topological polar surface area (TPSA) is 17.8 Å². The molecule has 0 saturated heterocycles. The monoisotopic (exact) mass is 302 g/mol. The quantitative estimate of drug-likeness (QED) is 0.648. The summed E-state index contributed by atoms with van der Waals surface area (Å²) < 4.78 is 15.5. The highest BCUT2D eigenvalue weighted by molar-refractivity contribution is 6.17. The first-order valence-corrected chi connectivity index (χ1v) is 7.59. The van der Waals surface area contributed by atoms with Gasteiger partial charge in [0.2, 0.25) is 0 Å². The summed E-state index contributed by atoms with van der Waals surface area (Å²) >= 11 is 5.90. The Morgan fingerprint density at radius 3 is 2.76 bits per heavy atom.